The summed E-state index contributed by atoms with van der Waals surface area (Å²) in [5.74, 6) is -0.449. The Labute approximate surface area is 211 Å². The molecule has 0 aliphatic carbocycles. The summed E-state index contributed by atoms with van der Waals surface area (Å²) in [7, 11) is -3.55. The number of unbranched alkanes of at least 4 members (excludes halogenated alkanes) is 1. The van der Waals surface area contributed by atoms with Crippen LogP contribution in [0.1, 0.15) is 43.7 Å². The van der Waals surface area contributed by atoms with Crippen LogP contribution in [-0.2, 0) is 27.8 Å². The Morgan fingerprint density at radius 3 is 2.54 bits per heavy atom. The average Bonchev–Trinajstić information content (AvgIpc) is 3.19. The minimum Gasteiger partial charge on any atom is -0.313 e. The van der Waals surface area contributed by atoms with Gasteiger partial charge >= 0.3 is 0 Å². The van der Waals surface area contributed by atoms with Crippen LogP contribution in [0.4, 0.5) is 0 Å². The molecule has 35 heavy (non-hydrogen) atoms. The van der Waals surface area contributed by atoms with E-state index in [4.69, 9.17) is 0 Å². The zero-order valence-electron chi connectivity index (χ0n) is 20.4. The summed E-state index contributed by atoms with van der Waals surface area (Å²) in [5.41, 5.74) is 3.37. The fourth-order valence-electron chi connectivity index (χ4n) is 4.43. The second kappa shape index (κ2) is 11.0. The minimum atomic E-state index is -3.55. The van der Waals surface area contributed by atoms with Gasteiger partial charge in [-0.2, -0.15) is 9.30 Å². The highest BCUT2D eigenvalue weighted by Crippen LogP contribution is 2.25. The van der Waals surface area contributed by atoms with Gasteiger partial charge in [-0.15, -0.1) is 6.58 Å². The first-order valence-electron chi connectivity index (χ1n) is 12.2. The molecule has 3 aromatic rings. The van der Waals surface area contributed by atoms with Gasteiger partial charge in [0.15, 0.2) is 4.80 Å². The summed E-state index contributed by atoms with van der Waals surface area (Å²) in [6.45, 7) is 9.20. The molecule has 0 radical (unpaired) electrons. The number of carbonyl (C=O) groups excluding carboxylic acids is 1. The molecule has 0 N–H and O–H groups in total. The Kier molecular flexibility index (Phi) is 8.04. The van der Waals surface area contributed by atoms with E-state index in [0.717, 1.165) is 35.0 Å². The van der Waals surface area contributed by atoms with Gasteiger partial charge in [0, 0.05) is 25.6 Å². The Morgan fingerprint density at radius 2 is 1.89 bits per heavy atom. The quantitative estimate of drug-likeness (QED) is 0.397. The second-order valence-corrected chi connectivity index (χ2v) is 12.1. The third-order valence-electron chi connectivity index (χ3n) is 6.55. The number of aryl methyl sites for hydroxylation is 2. The average molecular weight is 512 g/mol. The molecule has 2 aromatic carbocycles. The van der Waals surface area contributed by atoms with E-state index in [1.807, 2.05) is 17.6 Å². The van der Waals surface area contributed by atoms with Gasteiger partial charge in [0.1, 0.15) is 0 Å². The lowest BCUT2D eigenvalue weighted by Gasteiger charge is -2.29. The number of thiazole rings is 1. The van der Waals surface area contributed by atoms with E-state index in [0.29, 0.717) is 42.2 Å². The summed E-state index contributed by atoms with van der Waals surface area (Å²) < 4.78 is 30.6. The summed E-state index contributed by atoms with van der Waals surface area (Å²) in [5, 5.41) is 0. The molecule has 1 fully saturated rings. The molecule has 6 nitrogen and oxygen atoms in total. The van der Waals surface area contributed by atoms with Gasteiger partial charge in [-0.05, 0) is 62.4 Å². The van der Waals surface area contributed by atoms with Crippen LogP contribution in [0.15, 0.2) is 65.0 Å². The van der Waals surface area contributed by atoms with E-state index >= 15 is 0 Å². The number of piperidine rings is 1. The summed E-state index contributed by atoms with van der Waals surface area (Å²) in [4.78, 5) is 18.6. The van der Waals surface area contributed by atoms with Crippen molar-refractivity contribution in [1.82, 2.24) is 8.87 Å². The lowest BCUT2D eigenvalue weighted by atomic mass is 9.98. The molecule has 1 aliphatic heterocycles. The van der Waals surface area contributed by atoms with Crippen molar-refractivity contribution in [1.29, 1.82) is 0 Å². The predicted molar refractivity (Wildman–Crippen MR) is 142 cm³/mol. The molecule has 186 valence electrons. The Morgan fingerprint density at radius 1 is 1.17 bits per heavy atom. The minimum absolute atomic E-state index is 0.173. The number of benzene rings is 2. The van der Waals surface area contributed by atoms with Gasteiger partial charge in [-0.1, -0.05) is 54.5 Å². The standard InChI is InChI=1S/C27H33N3O3S2/c1-4-6-7-21-10-13-24-25(19-21)34-27(30(24)16-5-2)28-26(31)22-14-17-29(18-15-22)35(32,33)23-11-8-20(3)9-12-23/h5,8-13,19,22H,2,4,6-7,14-18H2,1,3H3. The van der Waals surface area contributed by atoms with Crippen molar-refractivity contribution in [3.8, 4) is 0 Å². The number of rotatable bonds is 8. The van der Waals surface area contributed by atoms with Gasteiger partial charge < -0.3 is 4.57 Å². The number of carbonyl (C=O) groups is 1. The zero-order valence-corrected chi connectivity index (χ0v) is 22.1. The van der Waals surface area contributed by atoms with Crippen LogP contribution in [0.3, 0.4) is 0 Å². The molecule has 0 bridgehead atoms. The highest BCUT2D eigenvalue weighted by atomic mass is 32.2. The summed E-state index contributed by atoms with van der Waals surface area (Å²) in [6, 6.07) is 13.4. The lowest BCUT2D eigenvalue weighted by Crippen LogP contribution is -2.40. The van der Waals surface area contributed by atoms with Gasteiger partial charge in [-0.3, -0.25) is 4.79 Å². The summed E-state index contributed by atoms with van der Waals surface area (Å²) in [6.07, 6.45) is 6.11. The molecule has 0 unspecified atom stereocenters. The highest BCUT2D eigenvalue weighted by molar-refractivity contribution is 7.89. The lowest BCUT2D eigenvalue weighted by molar-refractivity contribution is -0.122. The van der Waals surface area contributed by atoms with E-state index in [1.165, 1.54) is 21.2 Å². The Balaban J connectivity index is 1.52. The van der Waals surface area contributed by atoms with Crippen LogP contribution in [0.25, 0.3) is 10.2 Å². The largest absolute Gasteiger partial charge is 0.313 e. The Bertz CT molecular complexity index is 1380. The monoisotopic (exact) mass is 511 g/mol. The van der Waals surface area contributed by atoms with E-state index < -0.39 is 10.0 Å². The van der Waals surface area contributed by atoms with Crippen LogP contribution in [-0.4, -0.2) is 36.3 Å². The van der Waals surface area contributed by atoms with Gasteiger partial charge in [0.2, 0.25) is 10.0 Å². The number of amides is 1. The molecule has 1 amide bonds. The maximum absolute atomic E-state index is 13.1. The van der Waals surface area contributed by atoms with Crippen LogP contribution in [0.2, 0.25) is 0 Å². The Hall–Kier alpha value is -2.55. The topological polar surface area (TPSA) is 71.7 Å². The smallest absolute Gasteiger partial charge is 0.251 e. The normalized spacial score (nSPS) is 16.1. The molecular weight excluding hydrogens is 478 g/mol. The fraction of sp³-hybridized carbons (Fsp3) is 0.407. The van der Waals surface area contributed by atoms with Gasteiger partial charge in [-0.25, -0.2) is 8.42 Å². The third-order valence-corrected chi connectivity index (χ3v) is 9.50. The van der Waals surface area contributed by atoms with Crippen LogP contribution in [0, 0.1) is 12.8 Å². The predicted octanol–water partition coefficient (Wildman–Crippen LogP) is 5.07. The first-order chi connectivity index (χ1) is 16.8. The van der Waals surface area contributed by atoms with Crippen molar-refractivity contribution in [3.63, 3.8) is 0 Å². The number of allylic oxidation sites excluding steroid dienone is 1. The van der Waals surface area contributed by atoms with Crippen molar-refractivity contribution in [2.45, 2.75) is 57.4 Å². The van der Waals surface area contributed by atoms with Crippen LogP contribution in [0.5, 0.6) is 0 Å². The molecule has 1 aliphatic rings. The zero-order chi connectivity index (χ0) is 25.0. The van der Waals surface area contributed by atoms with Crippen molar-refractivity contribution in [2.24, 2.45) is 10.9 Å². The van der Waals surface area contributed by atoms with Crippen LogP contribution >= 0.6 is 11.3 Å². The van der Waals surface area contributed by atoms with Crippen molar-refractivity contribution < 1.29 is 13.2 Å². The van der Waals surface area contributed by atoms with Gasteiger partial charge in [0.25, 0.3) is 5.91 Å². The first-order valence-corrected chi connectivity index (χ1v) is 14.5. The molecule has 1 saturated heterocycles. The van der Waals surface area contributed by atoms with Crippen molar-refractivity contribution in [3.05, 3.63) is 71.0 Å². The highest BCUT2D eigenvalue weighted by Gasteiger charge is 2.32. The number of fused-ring (bicyclic) bond motifs is 1. The second-order valence-electron chi connectivity index (χ2n) is 9.13. The molecule has 0 saturated carbocycles. The molecule has 1 aromatic heterocycles. The number of nitrogens with zero attached hydrogens (tertiary/aromatic N) is 3. The molecule has 0 spiro atoms. The third kappa shape index (κ3) is 5.66. The van der Waals surface area contributed by atoms with E-state index in [1.54, 1.807) is 24.3 Å². The fourth-order valence-corrected chi connectivity index (χ4v) is 7.01. The van der Waals surface area contributed by atoms with E-state index in [9.17, 15) is 13.2 Å². The molecule has 8 heteroatoms. The SMILES string of the molecule is C=CCn1c(=NC(=O)C2CCN(S(=O)(=O)c3ccc(C)cc3)CC2)sc2cc(CCCC)ccc21. The number of hydrogen-bond donors (Lipinski definition) is 0. The van der Waals surface area contributed by atoms with Crippen LogP contribution < -0.4 is 4.80 Å². The maximum atomic E-state index is 13.1. The maximum Gasteiger partial charge on any atom is 0.251 e. The summed E-state index contributed by atoms with van der Waals surface area (Å²) >= 11 is 1.53. The molecule has 4 rings (SSSR count). The van der Waals surface area contributed by atoms with Gasteiger partial charge in [0.05, 0.1) is 15.1 Å². The van der Waals surface area contributed by atoms with Crippen molar-refractivity contribution in [2.75, 3.05) is 13.1 Å². The molecule has 2 heterocycles. The van der Waals surface area contributed by atoms with E-state index in [2.05, 4.69) is 36.7 Å². The molecular formula is C27H33N3O3S2. The number of hydrogen-bond acceptors (Lipinski definition) is 4. The molecule has 0 atom stereocenters. The number of sulfonamides is 1. The van der Waals surface area contributed by atoms with E-state index in [-0.39, 0.29) is 11.8 Å². The number of aromatic nitrogens is 1. The van der Waals surface area contributed by atoms with Crippen molar-refractivity contribution >= 4 is 37.5 Å². The first kappa shape index (κ1) is 25.5.